The molecule has 0 bridgehead atoms. The zero-order valence-corrected chi connectivity index (χ0v) is 11.4. The minimum Gasteiger partial charge on any atom is -0.269 e. The van der Waals surface area contributed by atoms with E-state index in [4.69, 9.17) is 0 Å². The van der Waals surface area contributed by atoms with Crippen molar-refractivity contribution >= 4 is 16.9 Å². The highest BCUT2D eigenvalue weighted by atomic mass is 32.2. The van der Waals surface area contributed by atoms with Gasteiger partial charge in [0.1, 0.15) is 0 Å². The zero-order valence-electron chi connectivity index (χ0n) is 10.5. The molecule has 1 aliphatic rings. The van der Waals surface area contributed by atoms with Crippen LogP contribution in [0.1, 0.15) is 33.6 Å². The predicted octanol–water partition coefficient (Wildman–Crippen LogP) is 2.39. The van der Waals surface area contributed by atoms with E-state index in [0.29, 0.717) is 0 Å². The molecule has 1 aliphatic heterocycles. The largest absolute Gasteiger partial charge is 0.305 e. The van der Waals surface area contributed by atoms with Gasteiger partial charge < -0.3 is 0 Å². The molecule has 0 aromatic heterocycles. The van der Waals surface area contributed by atoms with E-state index < -0.39 is 0 Å². The van der Waals surface area contributed by atoms with Crippen LogP contribution in [0.2, 0.25) is 0 Å². The lowest BCUT2D eigenvalue weighted by atomic mass is 10.0. The third-order valence-corrected chi connectivity index (χ3v) is 3.71. The van der Waals surface area contributed by atoms with E-state index in [1.54, 1.807) is 0 Å². The van der Waals surface area contributed by atoms with Gasteiger partial charge in [0, 0.05) is 0 Å². The summed E-state index contributed by atoms with van der Waals surface area (Å²) in [6.45, 7) is 10.4. The fraction of sp³-hybridized carbons (Fsp3) is 0.917. The van der Waals surface area contributed by atoms with Crippen LogP contribution in [0, 0.1) is 11.8 Å². The van der Waals surface area contributed by atoms with E-state index in [1.165, 1.54) is 31.1 Å². The van der Waals surface area contributed by atoms with E-state index in [2.05, 4.69) is 36.9 Å². The van der Waals surface area contributed by atoms with Crippen LogP contribution >= 0.6 is 11.8 Å². The fourth-order valence-electron chi connectivity index (χ4n) is 1.82. The standard InChI is InChI=1S/C12H24N2S/c1-10(2)9-13-12(15-4)14-7-5-11(3)6-8-14/h10-11H,5-9H2,1-4H3/p+1. The molecule has 88 valence electrons. The van der Waals surface area contributed by atoms with Crippen molar-refractivity contribution in [3.63, 3.8) is 0 Å². The summed E-state index contributed by atoms with van der Waals surface area (Å²) in [7, 11) is 0. The number of nitrogens with one attached hydrogen (secondary N) is 1. The molecule has 0 aliphatic carbocycles. The van der Waals surface area contributed by atoms with Gasteiger partial charge in [0.15, 0.2) is 0 Å². The Balaban J connectivity index is 2.51. The molecule has 0 atom stereocenters. The maximum Gasteiger partial charge on any atom is 0.305 e. The van der Waals surface area contributed by atoms with Gasteiger partial charge in [-0.05, 0) is 42.7 Å². The summed E-state index contributed by atoms with van der Waals surface area (Å²) in [6, 6.07) is 0. The van der Waals surface area contributed by atoms with E-state index >= 15 is 0 Å². The Hall–Kier alpha value is -0.180. The minimum absolute atomic E-state index is 0.718. The first kappa shape index (κ1) is 12.9. The first-order valence-electron chi connectivity index (χ1n) is 6.03. The van der Waals surface area contributed by atoms with Gasteiger partial charge in [-0.25, -0.2) is 0 Å². The second-order valence-electron chi connectivity index (χ2n) is 4.95. The lowest BCUT2D eigenvalue weighted by molar-refractivity contribution is -0.539. The molecular formula is C12H25N2S+. The topological polar surface area (TPSA) is 15.0 Å². The molecular weight excluding hydrogens is 204 g/mol. The predicted molar refractivity (Wildman–Crippen MR) is 69.8 cm³/mol. The average molecular weight is 229 g/mol. The van der Waals surface area contributed by atoms with Crippen molar-refractivity contribution in [3.05, 3.63) is 0 Å². The SMILES string of the molecule is CSC(NCC(C)C)=[N+]1CCC(C)CC1. The molecule has 1 rings (SSSR count). The first-order valence-corrected chi connectivity index (χ1v) is 7.25. The van der Waals surface area contributed by atoms with Crippen molar-refractivity contribution < 1.29 is 4.58 Å². The molecule has 0 aromatic carbocycles. The summed E-state index contributed by atoms with van der Waals surface area (Å²) in [6.07, 6.45) is 4.85. The molecule has 0 radical (unpaired) electrons. The Morgan fingerprint density at radius 1 is 1.40 bits per heavy atom. The first-order chi connectivity index (χ1) is 7.13. The number of nitrogens with zero attached hydrogens (tertiary/aromatic N) is 1. The van der Waals surface area contributed by atoms with Gasteiger partial charge in [0.2, 0.25) is 0 Å². The van der Waals surface area contributed by atoms with Crippen LogP contribution < -0.4 is 5.32 Å². The molecule has 3 heteroatoms. The number of rotatable bonds is 2. The molecule has 15 heavy (non-hydrogen) atoms. The molecule has 0 spiro atoms. The minimum atomic E-state index is 0.718. The number of piperidine rings is 1. The lowest BCUT2D eigenvalue weighted by Crippen LogP contribution is -2.37. The highest BCUT2D eigenvalue weighted by Crippen LogP contribution is 2.14. The summed E-state index contributed by atoms with van der Waals surface area (Å²) in [5, 5.41) is 4.93. The fourth-order valence-corrected chi connectivity index (χ4v) is 2.48. The van der Waals surface area contributed by atoms with E-state index in [9.17, 15) is 0 Å². The second kappa shape index (κ2) is 6.41. The quantitative estimate of drug-likeness (QED) is 0.578. The van der Waals surface area contributed by atoms with Gasteiger partial charge in [-0.2, -0.15) is 0 Å². The summed E-state index contributed by atoms with van der Waals surface area (Å²) < 4.78 is 2.51. The number of amidine groups is 1. The molecule has 0 aromatic rings. The molecule has 1 fully saturated rings. The summed E-state index contributed by atoms with van der Waals surface area (Å²) in [5.74, 6) is 1.63. The van der Waals surface area contributed by atoms with Gasteiger partial charge in [-0.3, -0.25) is 9.89 Å². The van der Waals surface area contributed by atoms with Crippen molar-refractivity contribution in [2.45, 2.75) is 33.6 Å². The van der Waals surface area contributed by atoms with Crippen LogP contribution in [0.3, 0.4) is 0 Å². The molecule has 2 nitrogen and oxygen atoms in total. The maximum absolute atomic E-state index is 3.56. The van der Waals surface area contributed by atoms with Crippen molar-refractivity contribution in [2.75, 3.05) is 25.9 Å². The van der Waals surface area contributed by atoms with Crippen LogP contribution in [0.15, 0.2) is 0 Å². The van der Waals surface area contributed by atoms with Crippen molar-refractivity contribution in [1.82, 2.24) is 5.32 Å². The Bertz CT molecular complexity index is 214. The van der Waals surface area contributed by atoms with E-state index in [0.717, 1.165) is 18.4 Å². The van der Waals surface area contributed by atoms with Crippen molar-refractivity contribution in [2.24, 2.45) is 11.8 Å². The van der Waals surface area contributed by atoms with Gasteiger partial charge >= 0.3 is 5.17 Å². The molecule has 0 saturated carbocycles. The lowest BCUT2D eigenvalue weighted by Gasteiger charge is -2.21. The highest BCUT2D eigenvalue weighted by molar-refractivity contribution is 8.13. The molecule has 0 amide bonds. The van der Waals surface area contributed by atoms with Crippen LogP contribution in [0.25, 0.3) is 0 Å². The van der Waals surface area contributed by atoms with Gasteiger partial charge in [-0.15, -0.1) is 0 Å². The highest BCUT2D eigenvalue weighted by Gasteiger charge is 2.19. The van der Waals surface area contributed by atoms with Crippen molar-refractivity contribution in [3.8, 4) is 0 Å². The average Bonchev–Trinajstić information content (AvgIpc) is 2.21. The summed E-state index contributed by atoms with van der Waals surface area (Å²) in [4.78, 5) is 0. The summed E-state index contributed by atoms with van der Waals surface area (Å²) in [5.41, 5.74) is 0. The van der Waals surface area contributed by atoms with Crippen LogP contribution in [0.4, 0.5) is 0 Å². The Labute approximate surface area is 98.5 Å². The van der Waals surface area contributed by atoms with E-state index in [-0.39, 0.29) is 0 Å². The van der Waals surface area contributed by atoms with Crippen molar-refractivity contribution in [1.29, 1.82) is 0 Å². The van der Waals surface area contributed by atoms with Crippen LogP contribution in [0.5, 0.6) is 0 Å². The Morgan fingerprint density at radius 3 is 2.47 bits per heavy atom. The third-order valence-electron chi connectivity index (χ3n) is 2.93. The monoisotopic (exact) mass is 229 g/mol. The third kappa shape index (κ3) is 4.45. The molecule has 1 saturated heterocycles. The molecule has 0 unspecified atom stereocenters. The molecule has 1 heterocycles. The van der Waals surface area contributed by atoms with Crippen LogP contribution in [-0.4, -0.2) is 35.6 Å². The maximum atomic E-state index is 3.56. The van der Waals surface area contributed by atoms with Gasteiger partial charge in [-0.1, -0.05) is 20.8 Å². The Kier molecular flexibility index (Phi) is 5.51. The normalized spacial score (nSPS) is 21.9. The zero-order chi connectivity index (χ0) is 11.3. The number of hydrogen-bond donors (Lipinski definition) is 1. The number of hydrogen-bond acceptors (Lipinski definition) is 1. The van der Waals surface area contributed by atoms with Gasteiger partial charge in [0.25, 0.3) is 0 Å². The second-order valence-corrected chi connectivity index (χ2v) is 5.75. The number of thioether (sulfide) groups is 1. The van der Waals surface area contributed by atoms with Gasteiger partial charge in [0.05, 0.1) is 19.6 Å². The Morgan fingerprint density at radius 2 is 2.00 bits per heavy atom. The van der Waals surface area contributed by atoms with Crippen LogP contribution in [-0.2, 0) is 0 Å². The van der Waals surface area contributed by atoms with E-state index in [1.807, 2.05) is 11.8 Å². The molecule has 1 N–H and O–H groups in total. The smallest absolute Gasteiger partial charge is 0.269 e. The summed E-state index contributed by atoms with van der Waals surface area (Å²) >= 11 is 1.85.